The normalized spacial score (nSPS) is 20.5. The average Bonchev–Trinajstić information content (AvgIpc) is 2.79. The lowest BCUT2D eigenvalue weighted by Gasteiger charge is -2.31. The summed E-state index contributed by atoms with van der Waals surface area (Å²) in [6.45, 7) is 4.32. The van der Waals surface area contributed by atoms with Gasteiger partial charge in [-0.15, -0.1) is 0 Å². The molecule has 0 saturated carbocycles. The van der Waals surface area contributed by atoms with Gasteiger partial charge >= 0.3 is 0 Å². The van der Waals surface area contributed by atoms with E-state index in [-0.39, 0.29) is 18.6 Å². The molecule has 1 aromatic rings. The molecule has 1 unspecified atom stereocenters. The van der Waals surface area contributed by atoms with Crippen molar-refractivity contribution in [2.24, 2.45) is 5.84 Å². The molecule has 1 amide bonds. The topological polar surface area (TPSA) is 101 Å². The second-order valence-electron chi connectivity index (χ2n) is 4.57. The molecule has 0 radical (unpaired) electrons. The van der Waals surface area contributed by atoms with Gasteiger partial charge in [-0.05, 0) is 13.0 Å². The number of carbonyl (C=O) groups excluding carboxylic acids is 1. The number of aliphatic hydroxyl groups is 1. The molecule has 106 valence electrons. The van der Waals surface area contributed by atoms with Crippen molar-refractivity contribution < 1.29 is 19.1 Å². The molecular weight excluding hydrogens is 250 g/mol. The summed E-state index contributed by atoms with van der Waals surface area (Å²) in [5.41, 5.74) is 2.54. The Morgan fingerprint density at radius 1 is 1.68 bits per heavy atom. The fourth-order valence-electron chi connectivity index (χ4n) is 2.18. The Kier molecular flexibility index (Phi) is 4.54. The van der Waals surface area contributed by atoms with Crippen LogP contribution in [0.25, 0.3) is 0 Å². The van der Waals surface area contributed by atoms with Gasteiger partial charge in [-0.25, -0.2) is 5.84 Å². The zero-order valence-corrected chi connectivity index (χ0v) is 10.9. The Morgan fingerprint density at radius 2 is 2.47 bits per heavy atom. The predicted octanol–water partition coefficient (Wildman–Crippen LogP) is -0.615. The van der Waals surface area contributed by atoms with Crippen molar-refractivity contribution in [1.82, 2.24) is 10.3 Å². The zero-order valence-electron chi connectivity index (χ0n) is 10.9. The van der Waals surface area contributed by atoms with E-state index in [4.69, 9.17) is 20.1 Å². The van der Waals surface area contributed by atoms with Gasteiger partial charge in [-0.2, -0.15) is 0 Å². The quantitative estimate of drug-likeness (QED) is 0.383. The SMILES string of the molecule is Cc1oc(CN2CCOC(CO)C2)cc1C(=O)NN. The highest BCUT2D eigenvalue weighted by atomic mass is 16.5. The van der Waals surface area contributed by atoms with E-state index in [1.54, 1.807) is 13.0 Å². The molecule has 0 aliphatic carbocycles. The van der Waals surface area contributed by atoms with Crippen molar-refractivity contribution in [3.05, 3.63) is 23.2 Å². The van der Waals surface area contributed by atoms with Crippen molar-refractivity contribution in [1.29, 1.82) is 0 Å². The smallest absolute Gasteiger partial charge is 0.268 e. The van der Waals surface area contributed by atoms with Crippen LogP contribution in [0.5, 0.6) is 0 Å². The number of nitrogen functional groups attached to an aromatic ring is 1. The monoisotopic (exact) mass is 269 g/mol. The minimum atomic E-state index is -0.359. The number of nitrogens with one attached hydrogen (secondary N) is 1. The molecule has 0 aromatic carbocycles. The summed E-state index contributed by atoms with van der Waals surface area (Å²) in [6, 6.07) is 1.70. The summed E-state index contributed by atoms with van der Waals surface area (Å²) in [6.07, 6.45) is -0.156. The molecule has 2 heterocycles. The van der Waals surface area contributed by atoms with Gasteiger partial charge in [0.25, 0.3) is 5.91 Å². The number of morpholine rings is 1. The maximum Gasteiger partial charge on any atom is 0.268 e. The van der Waals surface area contributed by atoms with Crippen molar-refractivity contribution in [2.45, 2.75) is 19.6 Å². The third-order valence-electron chi connectivity index (χ3n) is 3.15. The Morgan fingerprint density at radius 3 is 3.16 bits per heavy atom. The molecule has 19 heavy (non-hydrogen) atoms. The van der Waals surface area contributed by atoms with Gasteiger partial charge in [0.05, 0.1) is 31.4 Å². The first-order valence-corrected chi connectivity index (χ1v) is 6.19. The molecule has 0 spiro atoms. The highest BCUT2D eigenvalue weighted by Gasteiger charge is 2.22. The maximum absolute atomic E-state index is 11.5. The van der Waals surface area contributed by atoms with Crippen LogP contribution < -0.4 is 11.3 Å². The lowest BCUT2D eigenvalue weighted by molar-refractivity contribution is -0.0564. The largest absolute Gasteiger partial charge is 0.464 e. The van der Waals surface area contributed by atoms with Crippen LogP contribution in [0.3, 0.4) is 0 Å². The summed E-state index contributed by atoms with van der Waals surface area (Å²) >= 11 is 0. The lowest BCUT2D eigenvalue weighted by Crippen LogP contribution is -2.43. The molecule has 0 bridgehead atoms. The first kappa shape index (κ1) is 14.0. The highest BCUT2D eigenvalue weighted by molar-refractivity contribution is 5.94. The van der Waals surface area contributed by atoms with E-state index in [9.17, 15) is 4.79 Å². The molecule has 7 heteroatoms. The third-order valence-corrected chi connectivity index (χ3v) is 3.15. The number of ether oxygens (including phenoxy) is 1. The van der Waals surface area contributed by atoms with Crippen molar-refractivity contribution in [2.75, 3.05) is 26.3 Å². The van der Waals surface area contributed by atoms with Crippen LogP contribution in [-0.2, 0) is 11.3 Å². The molecule has 1 atom stereocenters. The number of aliphatic hydroxyl groups excluding tert-OH is 1. The van der Waals surface area contributed by atoms with Crippen molar-refractivity contribution in [3.8, 4) is 0 Å². The van der Waals surface area contributed by atoms with Gasteiger partial charge in [-0.3, -0.25) is 15.1 Å². The number of amides is 1. The number of nitrogens with zero attached hydrogens (tertiary/aromatic N) is 1. The first-order valence-electron chi connectivity index (χ1n) is 6.19. The number of rotatable bonds is 4. The summed E-state index contributed by atoms with van der Waals surface area (Å²) in [7, 11) is 0. The molecular formula is C12H19N3O4. The minimum absolute atomic E-state index is 0.00844. The molecule has 1 aliphatic rings. The van der Waals surface area contributed by atoms with E-state index < -0.39 is 0 Å². The second-order valence-corrected chi connectivity index (χ2v) is 4.57. The molecule has 2 rings (SSSR count). The van der Waals surface area contributed by atoms with E-state index >= 15 is 0 Å². The Hall–Kier alpha value is -1.41. The van der Waals surface area contributed by atoms with Gasteiger partial charge in [0.15, 0.2) is 0 Å². The van der Waals surface area contributed by atoms with E-state index in [0.717, 1.165) is 6.54 Å². The fraction of sp³-hybridized carbons (Fsp3) is 0.583. The average molecular weight is 269 g/mol. The number of hydrogen-bond donors (Lipinski definition) is 3. The van der Waals surface area contributed by atoms with Crippen molar-refractivity contribution in [3.63, 3.8) is 0 Å². The molecule has 7 nitrogen and oxygen atoms in total. The van der Waals surface area contributed by atoms with Crippen LogP contribution in [0.15, 0.2) is 10.5 Å². The van der Waals surface area contributed by atoms with E-state index in [0.29, 0.717) is 36.8 Å². The third kappa shape index (κ3) is 3.32. The molecule has 1 aromatic heterocycles. The second kappa shape index (κ2) is 6.16. The molecule has 1 saturated heterocycles. The Labute approximate surface area is 111 Å². The summed E-state index contributed by atoms with van der Waals surface area (Å²) in [5.74, 6) is 6.00. The predicted molar refractivity (Wildman–Crippen MR) is 67.2 cm³/mol. The zero-order chi connectivity index (χ0) is 13.8. The van der Waals surface area contributed by atoms with Crippen LogP contribution in [0.2, 0.25) is 0 Å². The molecule has 4 N–H and O–H groups in total. The Balaban J connectivity index is 2.01. The summed E-state index contributed by atoms with van der Waals surface area (Å²) in [5, 5.41) is 9.09. The maximum atomic E-state index is 11.5. The number of aryl methyl sites for hydroxylation is 1. The van der Waals surface area contributed by atoms with Crippen molar-refractivity contribution >= 4 is 5.91 Å². The number of carbonyl (C=O) groups is 1. The summed E-state index contributed by atoms with van der Waals surface area (Å²) in [4.78, 5) is 13.6. The number of furan rings is 1. The van der Waals surface area contributed by atoms with Crippen LogP contribution in [0.1, 0.15) is 21.9 Å². The first-order chi connectivity index (χ1) is 9.13. The van der Waals surface area contributed by atoms with Gasteiger partial charge < -0.3 is 14.3 Å². The van der Waals surface area contributed by atoms with Crippen LogP contribution in [-0.4, -0.2) is 48.3 Å². The van der Waals surface area contributed by atoms with E-state index in [1.165, 1.54) is 0 Å². The van der Waals surface area contributed by atoms with Gasteiger partial charge in [0.1, 0.15) is 11.5 Å². The molecule has 1 fully saturated rings. The fourth-order valence-corrected chi connectivity index (χ4v) is 2.18. The number of hydrazine groups is 1. The highest BCUT2D eigenvalue weighted by Crippen LogP contribution is 2.17. The van der Waals surface area contributed by atoms with Crippen LogP contribution in [0, 0.1) is 6.92 Å². The Bertz CT molecular complexity index is 446. The van der Waals surface area contributed by atoms with E-state index in [2.05, 4.69) is 10.3 Å². The number of hydrogen-bond acceptors (Lipinski definition) is 6. The van der Waals surface area contributed by atoms with Gasteiger partial charge in [0.2, 0.25) is 0 Å². The number of nitrogens with two attached hydrogens (primary N) is 1. The van der Waals surface area contributed by atoms with Crippen LogP contribution >= 0.6 is 0 Å². The van der Waals surface area contributed by atoms with Gasteiger partial charge in [-0.1, -0.05) is 0 Å². The molecule has 1 aliphatic heterocycles. The van der Waals surface area contributed by atoms with E-state index in [1.807, 2.05) is 0 Å². The minimum Gasteiger partial charge on any atom is -0.464 e. The van der Waals surface area contributed by atoms with Gasteiger partial charge in [0, 0.05) is 13.1 Å². The lowest BCUT2D eigenvalue weighted by atomic mass is 10.2. The van der Waals surface area contributed by atoms with Crippen LogP contribution in [0.4, 0.5) is 0 Å². The standard InChI is InChI=1S/C12H19N3O4/c1-8-11(12(17)14-13)4-9(19-8)5-15-2-3-18-10(6-15)7-16/h4,10,16H,2-3,5-7,13H2,1H3,(H,14,17). The summed E-state index contributed by atoms with van der Waals surface area (Å²) < 4.78 is 10.9.